The molecular weight excluding hydrogens is 781 g/mol. The Morgan fingerprint density at radius 3 is 0.810 bits per heavy atom. The molecule has 63 heavy (non-hydrogen) atoms. The fraction of sp³-hybridized carbons (Fsp3) is 0.912. The topological polar surface area (TPSA) is 78.9 Å². The number of rotatable bonds is 52. The summed E-state index contributed by atoms with van der Waals surface area (Å²) in [4.78, 5) is 38.0. The number of hydrogen-bond donors (Lipinski definition) is 0. The number of carbonyl (C=O) groups is 3. The zero-order chi connectivity index (χ0) is 45.8. The standard InChI is InChI=1S/C57H108O6/c1-4-7-10-13-16-19-22-25-26-27-28-29-30-31-33-35-38-41-44-47-50-56(59)62-53-54(52-61-55(58)49-46-43-40-37-34-24-21-18-15-12-9-6-3)63-57(60)51-48-45-42-39-36-32-23-20-17-14-11-8-5-2/h20,23,54H,4-19,21-22,24-53H2,1-3H3/b23-20-. The average molecular weight is 889 g/mol. The average Bonchev–Trinajstić information content (AvgIpc) is 3.28. The molecule has 0 spiro atoms. The predicted octanol–water partition coefficient (Wildman–Crippen LogP) is 18.5. The van der Waals surface area contributed by atoms with Gasteiger partial charge in [0.2, 0.25) is 0 Å². The minimum Gasteiger partial charge on any atom is -0.462 e. The van der Waals surface area contributed by atoms with Crippen LogP contribution < -0.4 is 0 Å². The quantitative estimate of drug-likeness (QED) is 0.0262. The van der Waals surface area contributed by atoms with Gasteiger partial charge in [0.25, 0.3) is 0 Å². The number of hydrogen-bond acceptors (Lipinski definition) is 6. The Balaban J connectivity index is 4.25. The van der Waals surface area contributed by atoms with Crippen molar-refractivity contribution in [2.24, 2.45) is 0 Å². The van der Waals surface area contributed by atoms with E-state index in [1.807, 2.05) is 0 Å². The maximum Gasteiger partial charge on any atom is 0.306 e. The van der Waals surface area contributed by atoms with Gasteiger partial charge >= 0.3 is 17.9 Å². The summed E-state index contributed by atoms with van der Waals surface area (Å²) in [7, 11) is 0. The van der Waals surface area contributed by atoms with Crippen LogP contribution in [0.3, 0.4) is 0 Å². The summed E-state index contributed by atoms with van der Waals surface area (Å²) < 4.78 is 16.8. The first-order valence-electron chi connectivity index (χ1n) is 28.2. The van der Waals surface area contributed by atoms with Crippen molar-refractivity contribution in [3.05, 3.63) is 12.2 Å². The van der Waals surface area contributed by atoms with Gasteiger partial charge in [0.05, 0.1) is 0 Å². The highest BCUT2D eigenvalue weighted by molar-refractivity contribution is 5.71. The van der Waals surface area contributed by atoms with Gasteiger partial charge in [0.1, 0.15) is 13.2 Å². The lowest BCUT2D eigenvalue weighted by Crippen LogP contribution is -2.30. The molecule has 0 bridgehead atoms. The lowest BCUT2D eigenvalue weighted by molar-refractivity contribution is -0.167. The summed E-state index contributed by atoms with van der Waals surface area (Å²) in [5, 5.41) is 0. The van der Waals surface area contributed by atoms with Crippen molar-refractivity contribution in [3.63, 3.8) is 0 Å². The summed E-state index contributed by atoms with van der Waals surface area (Å²) in [6, 6.07) is 0. The van der Waals surface area contributed by atoms with Gasteiger partial charge in [0, 0.05) is 19.3 Å². The molecule has 0 aliphatic carbocycles. The third-order valence-corrected chi connectivity index (χ3v) is 12.8. The van der Waals surface area contributed by atoms with Crippen LogP contribution in [0.1, 0.15) is 316 Å². The summed E-state index contributed by atoms with van der Waals surface area (Å²) >= 11 is 0. The second kappa shape index (κ2) is 52.8. The maximum atomic E-state index is 12.8. The molecule has 0 aromatic carbocycles. The summed E-state index contributed by atoms with van der Waals surface area (Å²) in [5.74, 6) is -0.856. The molecule has 0 saturated carbocycles. The van der Waals surface area contributed by atoms with Crippen LogP contribution in [0, 0.1) is 0 Å². The Morgan fingerprint density at radius 2 is 0.524 bits per heavy atom. The van der Waals surface area contributed by atoms with E-state index in [1.165, 1.54) is 212 Å². The van der Waals surface area contributed by atoms with Gasteiger partial charge in [-0.15, -0.1) is 0 Å². The Morgan fingerprint density at radius 1 is 0.302 bits per heavy atom. The Kier molecular flexibility index (Phi) is 51.2. The second-order valence-corrected chi connectivity index (χ2v) is 19.2. The molecule has 0 heterocycles. The van der Waals surface area contributed by atoms with E-state index in [0.717, 1.165) is 64.2 Å². The van der Waals surface area contributed by atoms with Gasteiger partial charge in [-0.3, -0.25) is 14.4 Å². The normalized spacial score (nSPS) is 12.0. The van der Waals surface area contributed by atoms with Crippen LogP contribution in [-0.2, 0) is 28.6 Å². The molecule has 0 aliphatic rings. The van der Waals surface area contributed by atoms with Crippen LogP contribution in [-0.4, -0.2) is 37.2 Å². The van der Waals surface area contributed by atoms with E-state index in [9.17, 15) is 14.4 Å². The highest BCUT2D eigenvalue weighted by Gasteiger charge is 2.19. The van der Waals surface area contributed by atoms with E-state index in [4.69, 9.17) is 14.2 Å². The van der Waals surface area contributed by atoms with Crippen molar-refractivity contribution in [1.82, 2.24) is 0 Å². The molecule has 0 saturated heterocycles. The van der Waals surface area contributed by atoms with E-state index >= 15 is 0 Å². The molecule has 1 unspecified atom stereocenters. The minimum atomic E-state index is -0.768. The van der Waals surface area contributed by atoms with Crippen molar-refractivity contribution >= 4 is 17.9 Å². The summed E-state index contributed by atoms with van der Waals surface area (Å²) in [6.07, 6.45) is 59.2. The van der Waals surface area contributed by atoms with E-state index in [1.54, 1.807) is 0 Å². The second-order valence-electron chi connectivity index (χ2n) is 19.2. The Hall–Kier alpha value is -1.85. The third kappa shape index (κ3) is 51.0. The van der Waals surface area contributed by atoms with Gasteiger partial charge in [-0.1, -0.05) is 264 Å². The molecule has 6 heteroatoms. The van der Waals surface area contributed by atoms with Crippen LogP contribution in [0.2, 0.25) is 0 Å². The summed E-state index contributed by atoms with van der Waals surface area (Å²) in [5.41, 5.74) is 0. The highest BCUT2D eigenvalue weighted by Crippen LogP contribution is 2.17. The smallest absolute Gasteiger partial charge is 0.306 e. The van der Waals surface area contributed by atoms with Crippen LogP contribution in [0.5, 0.6) is 0 Å². The van der Waals surface area contributed by atoms with Gasteiger partial charge in [-0.05, 0) is 44.9 Å². The highest BCUT2D eigenvalue weighted by atomic mass is 16.6. The molecule has 0 fully saturated rings. The SMILES string of the molecule is CCCCCC/C=C\CCCCCCCC(=O)OC(COC(=O)CCCCCCCCCCCCCC)COC(=O)CCCCCCCCCCCCCCCCCCCCCC. The molecule has 0 radical (unpaired) electrons. The molecule has 0 rings (SSSR count). The molecule has 0 aromatic rings. The summed E-state index contributed by atoms with van der Waals surface area (Å²) in [6.45, 7) is 6.66. The molecule has 0 amide bonds. The first-order chi connectivity index (χ1) is 31.0. The number of unbranched alkanes of at least 4 members (excludes halogenated alkanes) is 39. The van der Waals surface area contributed by atoms with Crippen molar-refractivity contribution in [2.75, 3.05) is 13.2 Å². The van der Waals surface area contributed by atoms with Gasteiger partial charge in [-0.2, -0.15) is 0 Å². The number of ether oxygens (including phenoxy) is 3. The van der Waals surface area contributed by atoms with Gasteiger partial charge in [-0.25, -0.2) is 0 Å². The van der Waals surface area contributed by atoms with Crippen LogP contribution in [0.25, 0.3) is 0 Å². The van der Waals surface area contributed by atoms with Crippen molar-refractivity contribution in [3.8, 4) is 0 Å². The fourth-order valence-corrected chi connectivity index (χ4v) is 8.50. The zero-order valence-electron chi connectivity index (χ0n) is 42.6. The van der Waals surface area contributed by atoms with Crippen molar-refractivity contribution in [1.29, 1.82) is 0 Å². The lowest BCUT2D eigenvalue weighted by Gasteiger charge is -2.18. The third-order valence-electron chi connectivity index (χ3n) is 12.8. The molecule has 0 aromatic heterocycles. The molecular formula is C57H108O6. The van der Waals surface area contributed by atoms with Gasteiger partial charge in [0.15, 0.2) is 6.10 Å². The lowest BCUT2D eigenvalue weighted by atomic mass is 10.0. The van der Waals surface area contributed by atoms with E-state index in [0.29, 0.717) is 19.3 Å². The molecule has 6 nitrogen and oxygen atoms in total. The molecule has 0 aliphatic heterocycles. The fourth-order valence-electron chi connectivity index (χ4n) is 8.50. The maximum absolute atomic E-state index is 12.8. The van der Waals surface area contributed by atoms with Crippen LogP contribution >= 0.6 is 0 Å². The van der Waals surface area contributed by atoms with E-state index in [-0.39, 0.29) is 31.1 Å². The molecule has 372 valence electrons. The predicted molar refractivity (Wildman–Crippen MR) is 270 cm³/mol. The van der Waals surface area contributed by atoms with Crippen LogP contribution in [0.4, 0.5) is 0 Å². The minimum absolute atomic E-state index is 0.0677. The van der Waals surface area contributed by atoms with Crippen LogP contribution in [0.15, 0.2) is 12.2 Å². The number of carbonyl (C=O) groups excluding carboxylic acids is 3. The number of esters is 3. The first kappa shape index (κ1) is 61.1. The first-order valence-corrected chi connectivity index (χ1v) is 28.2. The zero-order valence-corrected chi connectivity index (χ0v) is 42.6. The molecule has 1 atom stereocenters. The monoisotopic (exact) mass is 889 g/mol. The van der Waals surface area contributed by atoms with E-state index < -0.39 is 6.10 Å². The van der Waals surface area contributed by atoms with Crippen molar-refractivity contribution in [2.45, 2.75) is 322 Å². The van der Waals surface area contributed by atoms with Crippen molar-refractivity contribution < 1.29 is 28.6 Å². The largest absolute Gasteiger partial charge is 0.462 e. The Bertz CT molecular complexity index is 978. The Labute approximate surface area is 392 Å². The van der Waals surface area contributed by atoms with E-state index in [2.05, 4.69) is 32.9 Å². The molecule has 0 N–H and O–H groups in total. The van der Waals surface area contributed by atoms with Gasteiger partial charge < -0.3 is 14.2 Å². The number of allylic oxidation sites excluding steroid dienone is 2.